The van der Waals surface area contributed by atoms with Crippen LogP contribution in [0.2, 0.25) is 0 Å². The van der Waals surface area contributed by atoms with Gasteiger partial charge in [-0.05, 0) is 31.5 Å². The van der Waals surface area contributed by atoms with Gasteiger partial charge in [0, 0.05) is 38.3 Å². The Hall–Kier alpha value is -3.59. The summed E-state index contributed by atoms with van der Waals surface area (Å²) in [5, 5.41) is 13.3. The molecule has 1 aromatic carbocycles. The van der Waals surface area contributed by atoms with Crippen LogP contribution in [-0.4, -0.2) is 75.9 Å². The van der Waals surface area contributed by atoms with Crippen LogP contribution in [0.5, 0.6) is 5.75 Å². The molecule has 0 aliphatic carbocycles. The van der Waals surface area contributed by atoms with Crippen molar-refractivity contribution >= 4 is 33.4 Å². The number of aliphatic carboxylic acids is 1. The number of carboxylic acids is 1. The summed E-state index contributed by atoms with van der Waals surface area (Å²) in [5.41, 5.74) is 0.559. The molecule has 1 saturated heterocycles. The maximum Gasteiger partial charge on any atom is 0.490 e. The summed E-state index contributed by atoms with van der Waals surface area (Å²) >= 11 is 0. The number of aromatic nitrogens is 1. The van der Waals surface area contributed by atoms with Crippen molar-refractivity contribution in [3.05, 3.63) is 42.1 Å². The minimum absolute atomic E-state index is 0.0134. The van der Waals surface area contributed by atoms with Gasteiger partial charge in [0.05, 0.1) is 29.5 Å². The second-order valence-electron chi connectivity index (χ2n) is 8.20. The number of nitrogens with one attached hydrogen (secondary N) is 3. The van der Waals surface area contributed by atoms with Gasteiger partial charge in [0.1, 0.15) is 11.6 Å². The zero-order valence-electron chi connectivity index (χ0n) is 21.0. The summed E-state index contributed by atoms with van der Waals surface area (Å²) < 4.78 is 65.1. The highest BCUT2D eigenvalue weighted by atomic mass is 32.2. The molecule has 210 valence electrons. The first kappa shape index (κ1) is 30.6. The normalized spacial score (nSPS) is 14.5. The SMILES string of the molecule is CCC(C)NC(=O)c1cc(NS(=O)(=O)c2cccc(OC)c2)cnc1N1CCNCC1.O=C(O)C(F)(F)F. The lowest BCUT2D eigenvalue weighted by Gasteiger charge is -2.30. The number of carboxylic acid groups (broad SMARTS) is 1. The first-order valence-corrected chi connectivity index (χ1v) is 13.0. The smallest absolute Gasteiger partial charge is 0.490 e. The molecular formula is C23H30F3N5O6S. The molecule has 11 nitrogen and oxygen atoms in total. The number of hydrogen-bond acceptors (Lipinski definition) is 8. The fourth-order valence-electron chi connectivity index (χ4n) is 3.20. The van der Waals surface area contributed by atoms with Gasteiger partial charge < -0.3 is 25.4 Å². The third-order valence-corrected chi connectivity index (χ3v) is 6.74. The Balaban J connectivity index is 0.000000638. The Bertz CT molecular complexity index is 1220. The van der Waals surface area contributed by atoms with Crippen molar-refractivity contribution in [2.24, 2.45) is 0 Å². The van der Waals surface area contributed by atoms with Gasteiger partial charge in [-0.2, -0.15) is 13.2 Å². The first-order chi connectivity index (χ1) is 17.8. The Morgan fingerprint density at radius 1 is 1.24 bits per heavy atom. The van der Waals surface area contributed by atoms with Gasteiger partial charge in [-0.25, -0.2) is 18.2 Å². The lowest BCUT2D eigenvalue weighted by Crippen LogP contribution is -2.45. The molecule has 1 amide bonds. The number of alkyl halides is 3. The highest BCUT2D eigenvalue weighted by Gasteiger charge is 2.38. The van der Waals surface area contributed by atoms with Gasteiger partial charge in [-0.3, -0.25) is 9.52 Å². The van der Waals surface area contributed by atoms with Gasteiger partial charge in [0.25, 0.3) is 15.9 Å². The Morgan fingerprint density at radius 2 is 1.87 bits per heavy atom. The Kier molecular flexibility index (Phi) is 10.7. The fraction of sp³-hybridized carbons (Fsp3) is 0.435. The molecule has 0 bridgehead atoms. The summed E-state index contributed by atoms with van der Waals surface area (Å²) in [6.45, 7) is 6.91. The van der Waals surface area contributed by atoms with E-state index in [2.05, 4.69) is 20.3 Å². The van der Waals surface area contributed by atoms with E-state index in [1.807, 2.05) is 18.7 Å². The minimum Gasteiger partial charge on any atom is -0.497 e. The van der Waals surface area contributed by atoms with Crippen molar-refractivity contribution in [3.8, 4) is 5.75 Å². The molecule has 1 atom stereocenters. The number of sulfonamides is 1. The molecule has 1 aliphatic rings. The van der Waals surface area contributed by atoms with Crippen LogP contribution in [0.25, 0.3) is 0 Å². The highest BCUT2D eigenvalue weighted by molar-refractivity contribution is 7.92. The maximum atomic E-state index is 13.0. The van der Waals surface area contributed by atoms with E-state index in [0.29, 0.717) is 30.2 Å². The lowest BCUT2D eigenvalue weighted by molar-refractivity contribution is -0.192. The van der Waals surface area contributed by atoms with Gasteiger partial charge in [0.15, 0.2) is 0 Å². The van der Waals surface area contributed by atoms with Crippen LogP contribution >= 0.6 is 0 Å². The van der Waals surface area contributed by atoms with E-state index in [1.54, 1.807) is 18.2 Å². The number of nitrogens with zero attached hydrogens (tertiary/aromatic N) is 2. The van der Waals surface area contributed by atoms with Crippen LogP contribution in [-0.2, 0) is 14.8 Å². The molecule has 2 heterocycles. The molecule has 15 heteroatoms. The molecule has 0 radical (unpaired) electrons. The van der Waals surface area contributed by atoms with E-state index in [1.165, 1.54) is 25.4 Å². The number of anilines is 2. The van der Waals surface area contributed by atoms with Crippen LogP contribution in [0.15, 0.2) is 41.4 Å². The summed E-state index contributed by atoms with van der Waals surface area (Å²) in [6, 6.07) is 7.70. The molecule has 38 heavy (non-hydrogen) atoms. The molecule has 2 aromatic rings. The maximum absolute atomic E-state index is 13.0. The fourth-order valence-corrected chi connectivity index (χ4v) is 4.26. The van der Waals surface area contributed by atoms with Crippen molar-refractivity contribution in [2.75, 3.05) is 42.9 Å². The van der Waals surface area contributed by atoms with Crippen molar-refractivity contribution in [1.82, 2.24) is 15.6 Å². The van der Waals surface area contributed by atoms with Crippen LogP contribution < -0.4 is 25.0 Å². The zero-order chi connectivity index (χ0) is 28.5. The Labute approximate surface area is 218 Å². The molecule has 1 aromatic heterocycles. The number of methoxy groups -OCH3 is 1. The monoisotopic (exact) mass is 561 g/mol. The average molecular weight is 562 g/mol. The summed E-state index contributed by atoms with van der Waals surface area (Å²) in [5.74, 6) is -2.05. The molecule has 1 aliphatic heterocycles. The van der Waals surface area contributed by atoms with Crippen molar-refractivity contribution in [3.63, 3.8) is 0 Å². The number of pyridine rings is 1. The third kappa shape index (κ3) is 8.76. The Morgan fingerprint density at radius 3 is 2.42 bits per heavy atom. The quantitative estimate of drug-likeness (QED) is 0.381. The predicted molar refractivity (Wildman–Crippen MR) is 134 cm³/mol. The van der Waals surface area contributed by atoms with Crippen molar-refractivity contribution < 1.29 is 41.0 Å². The van der Waals surface area contributed by atoms with Crippen molar-refractivity contribution in [1.29, 1.82) is 0 Å². The molecule has 0 spiro atoms. The number of rotatable bonds is 8. The molecule has 1 unspecified atom stereocenters. The second-order valence-corrected chi connectivity index (χ2v) is 9.88. The standard InChI is InChI=1S/C21H29N5O4S.C2HF3O2/c1-4-15(2)24-21(27)19-12-16(14-23-20(19)26-10-8-22-9-11-26)25-31(28,29)18-7-5-6-17(13-18)30-3;3-2(4,5)1(6)7/h5-7,12-15,22,25H,4,8-11H2,1-3H3,(H,24,27);(H,6,7). The molecule has 4 N–H and O–H groups in total. The molecular weight excluding hydrogens is 531 g/mol. The van der Waals surface area contributed by atoms with Gasteiger partial charge >= 0.3 is 12.1 Å². The number of carbonyl (C=O) groups excluding carboxylic acids is 1. The van der Waals surface area contributed by atoms with E-state index >= 15 is 0 Å². The highest BCUT2D eigenvalue weighted by Crippen LogP contribution is 2.25. The first-order valence-electron chi connectivity index (χ1n) is 11.5. The lowest BCUT2D eigenvalue weighted by atomic mass is 10.1. The van der Waals surface area contributed by atoms with E-state index < -0.39 is 22.2 Å². The average Bonchev–Trinajstić information content (AvgIpc) is 2.88. The number of ether oxygens (including phenoxy) is 1. The largest absolute Gasteiger partial charge is 0.497 e. The van der Waals surface area contributed by atoms with E-state index in [-0.39, 0.29) is 22.5 Å². The summed E-state index contributed by atoms with van der Waals surface area (Å²) in [6.07, 6.45) is -2.86. The van der Waals surface area contributed by atoms with E-state index in [0.717, 1.165) is 19.5 Å². The van der Waals surface area contributed by atoms with Gasteiger partial charge in [-0.1, -0.05) is 13.0 Å². The molecule has 3 rings (SSSR count). The second kappa shape index (κ2) is 13.3. The van der Waals surface area contributed by atoms with Crippen molar-refractivity contribution in [2.45, 2.75) is 37.4 Å². The van der Waals surface area contributed by atoms with Crippen LogP contribution in [0.4, 0.5) is 24.7 Å². The minimum atomic E-state index is -5.08. The van der Waals surface area contributed by atoms with Gasteiger partial charge in [-0.15, -0.1) is 0 Å². The van der Waals surface area contributed by atoms with Crippen LogP contribution in [0.1, 0.15) is 30.6 Å². The topological polar surface area (TPSA) is 150 Å². The molecule has 0 saturated carbocycles. The number of hydrogen-bond donors (Lipinski definition) is 4. The van der Waals surface area contributed by atoms with Crippen LogP contribution in [0.3, 0.4) is 0 Å². The number of amides is 1. The molecule has 1 fully saturated rings. The summed E-state index contributed by atoms with van der Waals surface area (Å²) in [7, 11) is -2.41. The number of piperazine rings is 1. The van der Waals surface area contributed by atoms with Crippen LogP contribution in [0, 0.1) is 0 Å². The number of halogens is 3. The summed E-state index contributed by atoms with van der Waals surface area (Å²) in [4.78, 5) is 28.4. The predicted octanol–water partition coefficient (Wildman–Crippen LogP) is 2.46. The van der Waals surface area contributed by atoms with E-state index in [4.69, 9.17) is 14.6 Å². The zero-order valence-corrected chi connectivity index (χ0v) is 21.8. The van der Waals surface area contributed by atoms with E-state index in [9.17, 15) is 26.4 Å². The third-order valence-electron chi connectivity index (χ3n) is 5.36. The number of benzene rings is 1. The van der Waals surface area contributed by atoms with Gasteiger partial charge in [0.2, 0.25) is 0 Å². The number of carbonyl (C=O) groups is 2.